The molecular weight excluding hydrogens is 547 g/mol. The number of hydrogen-bond donors (Lipinski definition) is 2. The summed E-state index contributed by atoms with van der Waals surface area (Å²) in [5.41, 5.74) is 2.60. The molecule has 43 heavy (non-hydrogen) atoms. The van der Waals surface area contributed by atoms with E-state index in [4.69, 9.17) is 4.74 Å². The molecule has 2 aromatic carbocycles. The van der Waals surface area contributed by atoms with Crippen LogP contribution in [0.2, 0.25) is 0 Å². The Morgan fingerprint density at radius 2 is 1.86 bits per heavy atom. The van der Waals surface area contributed by atoms with Crippen LogP contribution in [0.15, 0.2) is 54.6 Å². The number of rotatable bonds is 9. The second-order valence-electron chi connectivity index (χ2n) is 11.4. The molecule has 1 saturated heterocycles. The Kier molecular flexibility index (Phi) is 9.69. The molecule has 1 aliphatic carbocycles. The third-order valence-corrected chi connectivity index (χ3v) is 8.48. The fraction of sp³-hybridized carbons (Fsp3) is 0.412. The minimum absolute atomic E-state index is 0.129. The van der Waals surface area contributed by atoms with Gasteiger partial charge < -0.3 is 20.3 Å². The van der Waals surface area contributed by atoms with Crippen LogP contribution in [0, 0.1) is 11.7 Å². The number of carbonyl (C=O) groups is 3. The van der Waals surface area contributed by atoms with Gasteiger partial charge in [-0.25, -0.2) is 9.37 Å². The summed E-state index contributed by atoms with van der Waals surface area (Å²) in [5.74, 6) is -0.118. The predicted octanol–water partition coefficient (Wildman–Crippen LogP) is 5.57. The molecule has 2 heterocycles. The zero-order valence-corrected chi connectivity index (χ0v) is 24.8. The summed E-state index contributed by atoms with van der Waals surface area (Å²) in [6, 6.07) is 12.2. The third kappa shape index (κ3) is 7.39. The number of ether oxygens (including phenoxy) is 1. The molecule has 9 heteroatoms. The second kappa shape index (κ2) is 13.8. The highest BCUT2D eigenvalue weighted by Crippen LogP contribution is 2.29. The van der Waals surface area contributed by atoms with E-state index in [1.165, 1.54) is 61.3 Å². The summed E-state index contributed by atoms with van der Waals surface area (Å²) in [4.78, 5) is 45.1. The van der Waals surface area contributed by atoms with Gasteiger partial charge in [0.05, 0.1) is 25.2 Å². The molecule has 3 aromatic rings. The second-order valence-corrected chi connectivity index (χ2v) is 11.4. The molecule has 1 unspecified atom stereocenters. The zero-order chi connectivity index (χ0) is 30.3. The van der Waals surface area contributed by atoms with Crippen molar-refractivity contribution in [1.29, 1.82) is 0 Å². The van der Waals surface area contributed by atoms with E-state index < -0.39 is 11.9 Å². The van der Waals surface area contributed by atoms with Gasteiger partial charge in [0.15, 0.2) is 0 Å². The van der Waals surface area contributed by atoms with Crippen LogP contribution in [-0.2, 0) is 9.59 Å². The van der Waals surface area contributed by atoms with Crippen molar-refractivity contribution in [2.75, 3.05) is 20.2 Å². The fourth-order valence-electron chi connectivity index (χ4n) is 6.08. The monoisotopic (exact) mass is 586 g/mol. The lowest BCUT2D eigenvalue weighted by Crippen LogP contribution is -2.49. The summed E-state index contributed by atoms with van der Waals surface area (Å²) in [6.45, 7) is 2.14. The van der Waals surface area contributed by atoms with Gasteiger partial charge in [-0.05, 0) is 86.1 Å². The first-order valence-electron chi connectivity index (χ1n) is 15.1. The molecule has 2 N–H and O–H groups in total. The molecule has 2 fully saturated rings. The van der Waals surface area contributed by atoms with Crippen LogP contribution in [0.5, 0.6) is 5.75 Å². The molecule has 1 saturated carbocycles. The number of pyridine rings is 1. The molecule has 226 valence electrons. The van der Waals surface area contributed by atoms with E-state index in [1.807, 2.05) is 25.1 Å². The molecule has 2 aliphatic rings. The molecule has 3 amide bonds. The van der Waals surface area contributed by atoms with Crippen LogP contribution in [0.1, 0.15) is 79.5 Å². The number of hydrogen-bond acceptors (Lipinski definition) is 5. The molecule has 0 spiro atoms. The smallest absolute Gasteiger partial charge is 0.270 e. The molecular formula is C34H39FN4O4. The topological polar surface area (TPSA) is 101 Å². The highest BCUT2D eigenvalue weighted by atomic mass is 19.1. The van der Waals surface area contributed by atoms with Gasteiger partial charge in [-0.1, -0.05) is 43.5 Å². The number of aromatic nitrogens is 1. The first-order valence-corrected chi connectivity index (χ1v) is 15.1. The minimum Gasteiger partial charge on any atom is -0.497 e. The average Bonchev–Trinajstić information content (AvgIpc) is 3.53. The van der Waals surface area contributed by atoms with Crippen LogP contribution in [0.25, 0.3) is 17.0 Å². The molecule has 8 nitrogen and oxygen atoms in total. The SMILES string of the molecule is COc1ccc([C@H](C)NC(=O)C2CCCN2C(=O)CNC(=O)c2ccc3cc(F)ccc3n2)c(/C=C/C2CCCCC2)c1. The standard InChI is InChI=1S/C34H39FN4O4/c1-22(28-15-14-27(43-2)20-24(28)11-10-23-7-4-3-5-8-23)37-34(42)31-9-6-18-39(31)32(40)21-36-33(41)30-16-12-25-19-26(35)13-17-29(25)38-30/h10-17,19-20,22-23,31H,3-9,18,21H2,1-2H3,(H,36,41)(H,37,42)/b11-10+/t22-,31?/m0/s1. The molecule has 0 bridgehead atoms. The van der Waals surface area contributed by atoms with Gasteiger partial charge in [0.25, 0.3) is 5.91 Å². The van der Waals surface area contributed by atoms with E-state index >= 15 is 0 Å². The number of halogens is 1. The van der Waals surface area contributed by atoms with E-state index in [2.05, 4.69) is 27.8 Å². The Morgan fingerprint density at radius 3 is 2.65 bits per heavy atom. The van der Waals surface area contributed by atoms with Gasteiger partial charge in [-0.2, -0.15) is 0 Å². The maximum Gasteiger partial charge on any atom is 0.270 e. The Balaban J connectivity index is 1.20. The summed E-state index contributed by atoms with van der Waals surface area (Å²) >= 11 is 0. The number of amides is 3. The van der Waals surface area contributed by atoms with Crippen molar-refractivity contribution < 1.29 is 23.5 Å². The minimum atomic E-state index is -0.611. The van der Waals surface area contributed by atoms with Crippen LogP contribution in [0.4, 0.5) is 4.39 Å². The summed E-state index contributed by atoms with van der Waals surface area (Å²) in [7, 11) is 1.64. The maximum atomic E-state index is 13.5. The quantitative estimate of drug-likeness (QED) is 0.341. The molecule has 0 radical (unpaired) electrons. The number of carbonyl (C=O) groups excluding carboxylic acids is 3. The van der Waals surface area contributed by atoms with Gasteiger partial charge >= 0.3 is 0 Å². The Hall–Kier alpha value is -4.27. The van der Waals surface area contributed by atoms with Gasteiger partial charge in [-0.15, -0.1) is 0 Å². The lowest BCUT2D eigenvalue weighted by molar-refractivity contribution is -0.137. The fourth-order valence-corrected chi connectivity index (χ4v) is 6.08. The van der Waals surface area contributed by atoms with E-state index in [9.17, 15) is 18.8 Å². The molecule has 1 aromatic heterocycles. The predicted molar refractivity (Wildman–Crippen MR) is 164 cm³/mol. The lowest BCUT2D eigenvalue weighted by Gasteiger charge is -2.26. The number of benzene rings is 2. The van der Waals surface area contributed by atoms with Gasteiger partial charge in [-0.3, -0.25) is 14.4 Å². The number of nitrogens with zero attached hydrogens (tertiary/aromatic N) is 2. The van der Waals surface area contributed by atoms with Gasteiger partial charge in [0.2, 0.25) is 11.8 Å². The summed E-state index contributed by atoms with van der Waals surface area (Å²) in [5, 5.41) is 6.32. The first kappa shape index (κ1) is 30.2. The molecule has 1 aliphatic heterocycles. The zero-order valence-electron chi connectivity index (χ0n) is 24.8. The normalized spacial score (nSPS) is 18.1. The first-order chi connectivity index (χ1) is 20.8. The van der Waals surface area contributed by atoms with Crippen LogP contribution in [0.3, 0.4) is 0 Å². The highest BCUT2D eigenvalue weighted by Gasteiger charge is 2.34. The highest BCUT2D eigenvalue weighted by molar-refractivity contribution is 5.97. The summed E-state index contributed by atoms with van der Waals surface area (Å²) in [6.07, 6.45) is 11.9. The lowest BCUT2D eigenvalue weighted by atomic mass is 9.88. The molecule has 2 atom stereocenters. The third-order valence-electron chi connectivity index (χ3n) is 8.48. The van der Waals surface area contributed by atoms with Crippen molar-refractivity contribution >= 4 is 34.7 Å². The number of nitrogens with one attached hydrogen (secondary N) is 2. The maximum absolute atomic E-state index is 13.5. The van der Waals surface area contributed by atoms with Crippen LogP contribution < -0.4 is 15.4 Å². The van der Waals surface area contributed by atoms with Gasteiger partial charge in [0, 0.05) is 11.9 Å². The van der Waals surface area contributed by atoms with E-state index in [0.717, 1.165) is 16.9 Å². The Labute approximate surface area is 251 Å². The van der Waals surface area contributed by atoms with Crippen LogP contribution in [-0.4, -0.2) is 53.8 Å². The number of fused-ring (bicyclic) bond motifs is 1. The van der Waals surface area contributed by atoms with E-state index in [1.54, 1.807) is 13.2 Å². The summed E-state index contributed by atoms with van der Waals surface area (Å²) < 4.78 is 18.9. The molecule has 5 rings (SSSR count). The largest absolute Gasteiger partial charge is 0.497 e. The number of allylic oxidation sites excluding steroid dienone is 1. The van der Waals surface area contributed by atoms with Crippen molar-refractivity contribution in [3.8, 4) is 5.75 Å². The van der Waals surface area contributed by atoms with Crippen molar-refractivity contribution in [3.63, 3.8) is 0 Å². The number of likely N-dealkylation sites (tertiary alicyclic amines) is 1. The van der Waals surface area contributed by atoms with Crippen LogP contribution >= 0.6 is 0 Å². The Morgan fingerprint density at radius 1 is 1.05 bits per heavy atom. The van der Waals surface area contributed by atoms with Crippen molar-refractivity contribution in [2.45, 2.75) is 64.0 Å². The average molecular weight is 587 g/mol. The van der Waals surface area contributed by atoms with E-state index in [0.29, 0.717) is 36.2 Å². The van der Waals surface area contributed by atoms with Crippen molar-refractivity contribution in [2.24, 2.45) is 5.92 Å². The van der Waals surface area contributed by atoms with Crippen molar-refractivity contribution in [3.05, 3.63) is 77.2 Å². The Bertz CT molecular complexity index is 1520. The van der Waals surface area contributed by atoms with Gasteiger partial charge in [0.1, 0.15) is 23.3 Å². The van der Waals surface area contributed by atoms with Crippen molar-refractivity contribution in [1.82, 2.24) is 20.5 Å². The number of methoxy groups -OCH3 is 1. The van der Waals surface area contributed by atoms with E-state index in [-0.39, 0.29) is 35.9 Å².